The molecule has 2 saturated heterocycles. The fourth-order valence-corrected chi connectivity index (χ4v) is 3.16. The Bertz CT molecular complexity index is 302. The Morgan fingerprint density at radius 3 is 1.61 bits per heavy atom. The van der Waals surface area contributed by atoms with Crippen molar-refractivity contribution < 1.29 is 19.8 Å². The summed E-state index contributed by atoms with van der Waals surface area (Å²) in [5.74, 6) is 0. The molecule has 0 aromatic carbocycles. The normalized spacial score (nSPS) is 27.8. The van der Waals surface area contributed by atoms with Gasteiger partial charge in [0.2, 0.25) is 0 Å². The zero-order chi connectivity index (χ0) is 13.1. The third-order valence-corrected chi connectivity index (χ3v) is 4.08. The Balaban J connectivity index is 1.84. The number of rotatable bonds is 3. The second-order valence-corrected chi connectivity index (χ2v) is 5.12. The Morgan fingerprint density at radius 1 is 0.889 bits per heavy atom. The Labute approximate surface area is 106 Å². The summed E-state index contributed by atoms with van der Waals surface area (Å²) >= 11 is 0. The van der Waals surface area contributed by atoms with Crippen molar-refractivity contribution in [2.45, 2.75) is 50.6 Å². The van der Waals surface area contributed by atoms with Crippen molar-refractivity contribution >= 4 is 12.2 Å². The average molecular weight is 256 g/mol. The third-order valence-electron chi connectivity index (χ3n) is 4.08. The summed E-state index contributed by atoms with van der Waals surface area (Å²) in [6.07, 6.45) is 3.52. The standard InChI is InChI=1S/C12H20N2O4/c15-11(16)13-7-1-3-9(13)5-6-10-4-2-8-14(10)12(17)18/h9-10H,1-8H2,(H,15,16)(H,17,18). The highest BCUT2D eigenvalue weighted by Crippen LogP contribution is 2.26. The van der Waals surface area contributed by atoms with E-state index in [0.29, 0.717) is 13.1 Å². The van der Waals surface area contributed by atoms with Gasteiger partial charge in [0.05, 0.1) is 0 Å². The smallest absolute Gasteiger partial charge is 0.407 e. The van der Waals surface area contributed by atoms with Crippen LogP contribution in [0.5, 0.6) is 0 Å². The molecule has 0 radical (unpaired) electrons. The van der Waals surface area contributed by atoms with Gasteiger partial charge >= 0.3 is 12.2 Å². The Morgan fingerprint density at radius 2 is 1.28 bits per heavy atom. The van der Waals surface area contributed by atoms with Gasteiger partial charge in [-0.15, -0.1) is 0 Å². The summed E-state index contributed by atoms with van der Waals surface area (Å²) in [5, 5.41) is 18.1. The van der Waals surface area contributed by atoms with E-state index in [1.54, 1.807) is 0 Å². The molecule has 0 aromatic rings. The van der Waals surface area contributed by atoms with Crippen molar-refractivity contribution in [2.24, 2.45) is 0 Å². The molecule has 2 N–H and O–H groups in total. The fraction of sp³-hybridized carbons (Fsp3) is 0.833. The molecule has 2 rings (SSSR count). The summed E-state index contributed by atoms with van der Waals surface area (Å²) in [4.78, 5) is 25.0. The SMILES string of the molecule is O=C(O)N1CCCC1CCC1CCCN1C(=O)O. The van der Waals surface area contributed by atoms with Gasteiger partial charge in [-0.2, -0.15) is 0 Å². The minimum Gasteiger partial charge on any atom is -0.465 e. The molecule has 6 nitrogen and oxygen atoms in total. The van der Waals surface area contributed by atoms with E-state index in [4.69, 9.17) is 10.2 Å². The average Bonchev–Trinajstić information content (AvgIpc) is 2.94. The lowest BCUT2D eigenvalue weighted by atomic mass is 10.0. The Hall–Kier alpha value is -1.46. The first-order valence-corrected chi connectivity index (χ1v) is 6.58. The van der Waals surface area contributed by atoms with Gasteiger partial charge in [0.25, 0.3) is 0 Å². The molecular formula is C12H20N2O4. The van der Waals surface area contributed by atoms with Crippen LogP contribution in [0.4, 0.5) is 9.59 Å². The number of carbonyl (C=O) groups is 2. The first-order valence-electron chi connectivity index (χ1n) is 6.58. The highest BCUT2D eigenvalue weighted by Gasteiger charge is 2.32. The molecule has 2 amide bonds. The zero-order valence-corrected chi connectivity index (χ0v) is 10.4. The maximum atomic E-state index is 11.0. The zero-order valence-electron chi connectivity index (χ0n) is 10.4. The van der Waals surface area contributed by atoms with Crippen molar-refractivity contribution in [2.75, 3.05) is 13.1 Å². The number of likely N-dealkylation sites (tertiary alicyclic amines) is 2. The van der Waals surface area contributed by atoms with Crippen molar-refractivity contribution in [3.63, 3.8) is 0 Å². The molecule has 0 aromatic heterocycles. The topological polar surface area (TPSA) is 81.1 Å². The predicted octanol–water partition coefficient (Wildman–Crippen LogP) is 2.05. The van der Waals surface area contributed by atoms with Crippen LogP contribution in [0.25, 0.3) is 0 Å². The lowest BCUT2D eigenvalue weighted by Crippen LogP contribution is -2.37. The Kier molecular flexibility index (Phi) is 3.93. The lowest BCUT2D eigenvalue weighted by Gasteiger charge is -2.26. The maximum absolute atomic E-state index is 11.0. The van der Waals surface area contributed by atoms with Crippen LogP contribution < -0.4 is 0 Å². The summed E-state index contributed by atoms with van der Waals surface area (Å²) in [7, 11) is 0. The first-order chi connectivity index (χ1) is 8.59. The molecule has 2 unspecified atom stereocenters. The number of hydrogen-bond donors (Lipinski definition) is 2. The molecule has 2 heterocycles. The summed E-state index contributed by atoms with van der Waals surface area (Å²) in [5.41, 5.74) is 0. The van der Waals surface area contributed by atoms with Crippen molar-refractivity contribution in [1.29, 1.82) is 0 Å². The van der Waals surface area contributed by atoms with E-state index >= 15 is 0 Å². The number of amides is 2. The first kappa shape index (κ1) is 13.0. The summed E-state index contributed by atoms with van der Waals surface area (Å²) < 4.78 is 0. The van der Waals surface area contributed by atoms with E-state index in [1.165, 1.54) is 9.80 Å². The van der Waals surface area contributed by atoms with Crippen molar-refractivity contribution in [3.8, 4) is 0 Å². The number of nitrogens with zero attached hydrogens (tertiary/aromatic N) is 2. The van der Waals surface area contributed by atoms with Crippen molar-refractivity contribution in [3.05, 3.63) is 0 Å². The second kappa shape index (κ2) is 5.46. The van der Waals surface area contributed by atoms with Crippen LogP contribution in [0.1, 0.15) is 38.5 Å². The van der Waals surface area contributed by atoms with Crippen molar-refractivity contribution in [1.82, 2.24) is 9.80 Å². The van der Waals surface area contributed by atoms with Crippen LogP contribution in [0.15, 0.2) is 0 Å². The molecule has 0 saturated carbocycles. The second-order valence-electron chi connectivity index (χ2n) is 5.12. The minimum atomic E-state index is -0.848. The van der Waals surface area contributed by atoms with Gasteiger partial charge in [-0.25, -0.2) is 9.59 Å². The minimum absolute atomic E-state index is 0.0822. The molecule has 0 aliphatic carbocycles. The molecule has 0 bridgehead atoms. The molecule has 18 heavy (non-hydrogen) atoms. The maximum Gasteiger partial charge on any atom is 0.407 e. The number of hydrogen-bond acceptors (Lipinski definition) is 2. The molecular weight excluding hydrogens is 236 g/mol. The van der Waals surface area contributed by atoms with Gasteiger partial charge in [0.15, 0.2) is 0 Å². The van der Waals surface area contributed by atoms with Crippen LogP contribution >= 0.6 is 0 Å². The monoisotopic (exact) mass is 256 g/mol. The molecule has 2 atom stereocenters. The van der Waals surface area contributed by atoms with Gasteiger partial charge in [0, 0.05) is 25.2 Å². The molecule has 2 fully saturated rings. The van der Waals surface area contributed by atoms with E-state index in [1.807, 2.05) is 0 Å². The van der Waals surface area contributed by atoms with Crippen LogP contribution in [-0.2, 0) is 0 Å². The summed E-state index contributed by atoms with van der Waals surface area (Å²) in [6.45, 7) is 1.24. The molecule has 2 aliphatic rings. The predicted molar refractivity (Wildman–Crippen MR) is 64.7 cm³/mol. The molecule has 6 heteroatoms. The van der Waals surface area contributed by atoms with E-state index in [-0.39, 0.29) is 12.1 Å². The van der Waals surface area contributed by atoms with E-state index in [9.17, 15) is 9.59 Å². The molecule has 102 valence electrons. The van der Waals surface area contributed by atoms with Crippen LogP contribution in [0.3, 0.4) is 0 Å². The summed E-state index contributed by atoms with van der Waals surface area (Å²) in [6, 6.07) is 0.164. The highest BCUT2D eigenvalue weighted by molar-refractivity contribution is 5.66. The third kappa shape index (κ3) is 2.68. The van der Waals surface area contributed by atoms with Gasteiger partial charge in [0.1, 0.15) is 0 Å². The van der Waals surface area contributed by atoms with Gasteiger partial charge in [-0.3, -0.25) is 0 Å². The number of carboxylic acid groups (broad SMARTS) is 2. The van der Waals surface area contributed by atoms with E-state index in [0.717, 1.165) is 38.5 Å². The largest absolute Gasteiger partial charge is 0.465 e. The lowest BCUT2D eigenvalue weighted by molar-refractivity contribution is 0.125. The van der Waals surface area contributed by atoms with E-state index < -0.39 is 12.2 Å². The van der Waals surface area contributed by atoms with Crippen LogP contribution in [0, 0.1) is 0 Å². The molecule has 2 aliphatic heterocycles. The van der Waals surface area contributed by atoms with Crippen LogP contribution in [-0.4, -0.2) is 57.4 Å². The highest BCUT2D eigenvalue weighted by atomic mass is 16.4. The fourth-order valence-electron chi connectivity index (χ4n) is 3.16. The van der Waals surface area contributed by atoms with Gasteiger partial charge in [-0.05, 0) is 38.5 Å². The van der Waals surface area contributed by atoms with E-state index in [2.05, 4.69) is 0 Å². The molecule has 0 spiro atoms. The quantitative estimate of drug-likeness (QED) is 0.809. The van der Waals surface area contributed by atoms with Gasteiger partial charge < -0.3 is 20.0 Å². The van der Waals surface area contributed by atoms with Gasteiger partial charge in [-0.1, -0.05) is 0 Å². The van der Waals surface area contributed by atoms with Crippen LogP contribution in [0.2, 0.25) is 0 Å².